The number of nitrogens with zero attached hydrogens (tertiary/aromatic N) is 1. The largest absolute Gasteiger partial charge is 0.476 e. The first-order valence-electron chi connectivity index (χ1n) is 7.98. The average Bonchev–Trinajstić information content (AvgIpc) is 2.78. The fraction of sp³-hybridized carbons (Fsp3) is 0.714. The van der Waals surface area contributed by atoms with E-state index >= 15 is 0 Å². The third-order valence-electron chi connectivity index (χ3n) is 5.03. The van der Waals surface area contributed by atoms with E-state index in [1.807, 2.05) is 4.98 Å². The first-order valence-corrected chi connectivity index (χ1v) is 9.44. The maximum absolute atomic E-state index is 13.9. The minimum Gasteiger partial charge on any atom is -0.382 e. The number of rotatable bonds is 4. The van der Waals surface area contributed by atoms with Gasteiger partial charge < -0.3 is 9.84 Å². The van der Waals surface area contributed by atoms with Gasteiger partial charge >= 0.3 is 13.5 Å². The molecule has 1 aromatic rings. The van der Waals surface area contributed by atoms with Crippen molar-refractivity contribution in [2.24, 2.45) is 0 Å². The van der Waals surface area contributed by atoms with Crippen molar-refractivity contribution in [3.63, 3.8) is 0 Å². The molecule has 6 atom stereocenters. The van der Waals surface area contributed by atoms with Crippen LogP contribution in [0.1, 0.15) is 27.0 Å². The molecule has 26 heavy (non-hydrogen) atoms. The average molecular weight is 392 g/mol. The number of aliphatic hydroxyl groups is 1. The Bertz CT molecular complexity index is 928. The molecule has 1 saturated carbocycles. The lowest BCUT2D eigenvalue weighted by molar-refractivity contribution is -0.149. The maximum atomic E-state index is 13.9. The summed E-state index contributed by atoms with van der Waals surface area (Å²) in [4.78, 5) is 25.3. The number of aromatic nitrogens is 2. The Kier molecular flexibility index (Phi) is 3.55. The number of fused-ring (bicyclic) bond motifs is 1. The van der Waals surface area contributed by atoms with Crippen LogP contribution in [0.15, 0.2) is 21.9 Å². The third-order valence-corrected chi connectivity index (χ3v) is 6.69. The molecule has 0 aromatic carbocycles. The van der Waals surface area contributed by atoms with Crippen LogP contribution in [0.25, 0.3) is 0 Å². The van der Waals surface area contributed by atoms with Crippen molar-refractivity contribution in [1.29, 1.82) is 0 Å². The molecule has 2 unspecified atom stereocenters. The molecule has 144 valence electrons. The Morgan fingerprint density at radius 1 is 1.50 bits per heavy atom. The van der Waals surface area contributed by atoms with Crippen LogP contribution in [0.2, 0.25) is 0 Å². The molecule has 4 rings (SSSR count). The fourth-order valence-electron chi connectivity index (χ4n) is 3.93. The predicted octanol–water partition coefficient (Wildman–Crippen LogP) is 0.226. The van der Waals surface area contributed by atoms with Gasteiger partial charge in [-0.3, -0.25) is 27.9 Å². The Hall–Kier alpha value is -1.36. The number of phosphoric acid groups is 1. The molecule has 1 spiro atoms. The molecule has 12 heteroatoms. The molecule has 0 radical (unpaired) electrons. The predicted molar refractivity (Wildman–Crippen MR) is 83.3 cm³/mol. The van der Waals surface area contributed by atoms with E-state index in [0.29, 0.717) is 0 Å². The molecule has 3 aliphatic rings. The number of alkyl halides is 1. The Morgan fingerprint density at radius 3 is 2.77 bits per heavy atom. The van der Waals surface area contributed by atoms with Crippen LogP contribution in [0.3, 0.4) is 0 Å². The highest BCUT2D eigenvalue weighted by atomic mass is 31.2. The molecule has 1 aliphatic carbocycles. The summed E-state index contributed by atoms with van der Waals surface area (Å²) in [5.74, 6) is 0. The van der Waals surface area contributed by atoms with E-state index in [1.165, 1.54) is 6.92 Å². The van der Waals surface area contributed by atoms with Crippen LogP contribution < -0.4 is 11.2 Å². The van der Waals surface area contributed by atoms with Gasteiger partial charge in [-0.15, -0.1) is 0 Å². The van der Waals surface area contributed by atoms with Gasteiger partial charge in [-0.05, 0) is 20.8 Å². The second-order valence-electron chi connectivity index (χ2n) is 7.07. The third kappa shape index (κ3) is 1.96. The van der Waals surface area contributed by atoms with Gasteiger partial charge in [-0.2, -0.15) is 0 Å². The van der Waals surface area contributed by atoms with Crippen LogP contribution in [-0.2, 0) is 22.9 Å². The normalized spacial score (nSPS) is 46.4. The topological polar surface area (TPSA) is 129 Å². The lowest BCUT2D eigenvalue weighted by atomic mass is 9.94. The highest BCUT2D eigenvalue weighted by Gasteiger charge is 2.99. The van der Waals surface area contributed by atoms with E-state index < -0.39 is 61.0 Å². The zero-order valence-electron chi connectivity index (χ0n) is 14.2. The van der Waals surface area contributed by atoms with Gasteiger partial charge in [0, 0.05) is 12.3 Å². The van der Waals surface area contributed by atoms with Gasteiger partial charge in [0.15, 0.2) is 17.4 Å². The number of phosphoric ester groups is 1. The summed E-state index contributed by atoms with van der Waals surface area (Å²) >= 11 is 0. The van der Waals surface area contributed by atoms with Crippen molar-refractivity contribution in [2.45, 2.75) is 56.0 Å². The molecular formula is C14H18FN2O8P. The van der Waals surface area contributed by atoms with E-state index in [0.717, 1.165) is 16.8 Å². The maximum Gasteiger partial charge on any atom is 0.476 e. The Labute approximate surface area is 146 Å². The number of aromatic amines is 1. The number of halogens is 1. The number of H-pyrrole nitrogens is 1. The summed E-state index contributed by atoms with van der Waals surface area (Å²) < 4.78 is 49.0. The molecule has 3 heterocycles. The molecular weight excluding hydrogens is 374 g/mol. The highest BCUT2D eigenvalue weighted by molar-refractivity contribution is 7.49. The summed E-state index contributed by atoms with van der Waals surface area (Å²) in [6.45, 7) is 3.38. The van der Waals surface area contributed by atoms with Crippen molar-refractivity contribution in [3.8, 4) is 0 Å². The van der Waals surface area contributed by atoms with E-state index in [-0.39, 0.29) is 0 Å². The zero-order chi connectivity index (χ0) is 19.1. The number of ether oxygens (including phenoxy) is 1. The first-order chi connectivity index (χ1) is 12.0. The molecule has 2 N–H and O–H groups in total. The van der Waals surface area contributed by atoms with Crippen molar-refractivity contribution in [1.82, 2.24) is 9.55 Å². The van der Waals surface area contributed by atoms with Gasteiger partial charge in [0.25, 0.3) is 5.56 Å². The van der Waals surface area contributed by atoms with Gasteiger partial charge in [-0.25, -0.2) is 13.8 Å². The standard InChI is InChI=1S/C14H18FN2O8P/c1-7(2)23-26(21)24-9-13(6-15)14(9,25-26)12(3,20)10(22-13)17-5-4-8(18)16-11(17)19/h4-5,7,9-10,20H,6H2,1-3H3,(H,16,18,19)/t9?,10-,12+,13-,14+,26?/m1/s1. The van der Waals surface area contributed by atoms with Gasteiger partial charge in [0.05, 0.1) is 6.10 Å². The lowest BCUT2D eigenvalue weighted by Crippen LogP contribution is -2.50. The van der Waals surface area contributed by atoms with Crippen LogP contribution in [0.4, 0.5) is 4.39 Å². The zero-order valence-corrected chi connectivity index (χ0v) is 15.1. The quantitative estimate of drug-likeness (QED) is 0.697. The SMILES string of the molecule is CC(C)OP1(=O)OC2[C@]3(O1)[C@@](C)(O)[C@H](n1ccc(=O)[nH]c1=O)O[C@]23CF. The fourth-order valence-corrected chi connectivity index (χ4v) is 5.95. The first kappa shape index (κ1) is 18.0. The van der Waals surface area contributed by atoms with E-state index in [4.69, 9.17) is 18.3 Å². The molecule has 0 bridgehead atoms. The van der Waals surface area contributed by atoms with Gasteiger partial charge in [-0.1, -0.05) is 0 Å². The smallest absolute Gasteiger partial charge is 0.382 e. The summed E-state index contributed by atoms with van der Waals surface area (Å²) in [5.41, 5.74) is -7.03. The molecule has 0 amide bonds. The van der Waals surface area contributed by atoms with Gasteiger partial charge in [0.2, 0.25) is 0 Å². The van der Waals surface area contributed by atoms with Crippen LogP contribution >= 0.6 is 7.82 Å². The van der Waals surface area contributed by atoms with Crippen LogP contribution in [0.5, 0.6) is 0 Å². The number of nitrogens with one attached hydrogen (secondary N) is 1. The lowest BCUT2D eigenvalue weighted by Gasteiger charge is -2.32. The molecule has 3 fully saturated rings. The number of hydrogen-bond donors (Lipinski definition) is 2. The van der Waals surface area contributed by atoms with Crippen molar-refractivity contribution < 1.29 is 32.4 Å². The van der Waals surface area contributed by atoms with Crippen molar-refractivity contribution in [3.05, 3.63) is 33.1 Å². The summed E-state index contributed by atoms with van der Waals surface area (Å²) in [6, 6.07) is 1.06. The minimum absolute atomic E-state index is 0.501. The Balaban J connectivity index is 1.76. The summed E-state index contributed by atoms with van der Waals surface area (Å²) in [6.07, 6.45) is -1.94. The molecule has 10 nitrogen and oxygen atoms in total. The molecule has 2 saturated heterocycles. The molecule has 2 aliphatic heterocycles. The monoisotopic (exact) mass is 392 g/mol. The van der Waals surface area contributed by atoms with Crippen LogP contribution in [-0.4, -0.2) is 50.3 Å². The van der Waals surface area contributed by atoms with Crippen LogP contribution in [0, 0.1) is 0 Å². The van der Waals surface area contributed by atoms with Crippen molar-refractivity contribution in [2.75, 3.05) is 6.67 Å². The molecule has 1 aromatic heterocycles. The second kappa shape index (κ2) is 5.12. The van der Waals surface area contributed by atoms with E-state index in [2.05, 4.69) is 0 Å². The number of hydrogen-bond acceptors (Lipinski definition) is 8. The summed E-state index contributed by atoms with van der Waals surface area (Å²) in [5, 5.41) is 11.1. The van der Waals surface area contributed by atoms with Crippen molar-refractivity contribution >= 4 is 7.82 Å². The Morgan fingerprint density at radius 2 is 2.19 bits per heavy atom. The van der Waals surface area contributed by atoms with Gasteiger partial charge in [0.1, 0.15) is 18.4 Å². The summed E-state index contributed by atoms with van der Waals surface area (Å²) in [7, 11) is -4.04. The van der Waals surface area contributed by atoms with E-state index in [9.17, 15) is 23.7 Å². The second-order valence-corrected chi connectivity index (χ2v) is 8.57. The minimum atomic E-state index is -4.04. The highest BCUT2D eigenvalue weighted by Crippen LogP contribution is 2.82. The van der Waals surface area contributed by atoms with E-state index in [1.54, 1.807) is 13.8 Å².